The summed E-state index contributed by atoms with van der Waals surface area (Å²) in [7, 11) is 0. The SMILES string of the molecule is CC(=O)c1ccc(NC(=O)/C=C(/C)C(=O)Nc2cccc3c(O)cccc23)cc1. The van der Waals surface area contributed by atoms with Crippen molar-refractivity contribution in [3.8, 4) is 5.75 Å². The minimum absolute atomic E-state index is 0.0583. The minimum Gasteiger partial charge on any atom is -0.507 e. The topological polar surface area (TPSA) is 95.5 Å². The van der Waals surface area contributed by atoms with Crippen molar-refractivity contribution in [2.75, 3.05) is 10.6 Å². The third kappa shape index (κ3) is 4.68. The van der Waals surface area contributed by atoms with Crippen LogP contribution in [0.5, 0.6) is 5.75 Å². The van der Waals surface area contributed by atoms with Crippen LogP contribution < -0.4 is 10.6 Å². The predicted octanol–water partition coefficient (Wildman–Crippen LogP) is 4.27. The maximum absolute atomic E-state index is 12.5. The number of carbonyl (C=O) groups excluding carboxylic acids is 3. The average molecular weight is 388 g/mol. The lowest BCUT2D eigenvalue weighted by molar-refractivity contribution is -0.114. The Morgan fingerprint density at radius 3 is 2.17 bits per heavy atom. The van der Waals surface area contributed by atoms with Crippen LogP contribution in [-0.4, -0.2) is 22.7 Å². The lowest BCUT2D eigenvalue weighted by Gasteiger charge is -2.10. The molecule has 0 saturated heterocycles. The molecule has 3 N–H and O–H groups in total. The highest BCUT2D eigenvalue weighted by Gasteiger charge is 2.11. The van der Waals surface area contributed by atoms with E-state index in [0.29, 0.717) is 27.7 Å². The fraction of sp³-hybridized carbons (Fsp3) is 0.0870. The first kappa shape index (κ1) is 19.8. The molecule has 0 aliphatic carbocycles. The second-order valence-corrected chi connectivity index (χ2v) is 6.58. The molecular formula is C23H20N2O4. The first-order valence-corrected chi connectivity index (χ1v) is 8.97. The van der Waals surface area contributed by atoms with Crippen molar-refractivity contribution in [3.05, 3.63) is 77.9 Å². The van der Waals surface area contributed by atoms with E-state index in [1.54, 1.807) is 60.7 Å². The van der Waals surface area contributed by atoms with E-state index in [-0.39, 0.29) is 17.1 Å². The second-order valence-electron chi connectivity index (χ2n) is 6.58. The van der Waals surface area contributed by atoms with Crippen LogP contribution in [-0.2, 0) is 9.59 Å². The van der Waals surface area contributed by atoms with Crippen LogP contribution in [0.2, 0.25) is 0 Å². The number of benzene rings is 3. The van der Waals surface area contributed by atoms with Gasteiger partial charge in [0.1, 0.15) is 5.75 Å². The third-order valence-electron chi connectivity index (χ3n) is 4.41. The quantitative estimate of drug-likeness (QED) is 0.449. The lowest BCUT2D eigenvalue weighted by atomic mass is 10.1. The summed E-state index contributed by atoms with van der Waals surface area (Å²) in [5.74, 6) is -0.815. The zero-order chi connectivity index (χ0) is 21.0. The Morgan fingerprint density at radius 2 is 1.48 bits per heavy atom. The summed E-state index contributed by atoms with van der Waals surface area (Å²) in [6, 6.07) is 16.8. The molecule has 0 atom stereocenters. The van der Waals surface area contributed by atoms with Gasteiger partial charge in [0, 0.05) is 39.4 Å². The number of ketones is 1. The average Bonchev–Trinajstić information content (AvgIpc) is 2.69. The number of phenols is 1. The highest BCUT2D eigenvalue weighted by atomic mass is 16.3. The van der Waals surface area contributed by atoms with Gasteiger partial charge in [-0.3, -0.25) is 14.4 Å². The van der Waals surface area contributed by atoms with E-state index in [2.05, 4.69) is 10.6 Å². The van der Waals surface area contributed by atoms with Gasteiger partial charge in [-0.05, 0) is 50.2 Å². The van der Waals surface area contributed by atoms with Crippen molar-refractivity contribution in [2.45, 2.75) is 13.8 Å². The first-order valence-electron chi connectivity index (χ1n) is 8.97. The molecule has 6 heteroatoms. The van der Waals surface area contributed by atoms with Crippen LogP contribution >= 0.6 is 0 Å². The molecule has 6 nitrogen and oxygen atoms in total. The van der Waals surface area contributed by atoms with Gasteiger partial charge in [0.15, 0.2) is 5.78 Å². The Bertz CT molecular complexity index is 1130. The van der Waals surface area contributed by atoms with Gasteiger partial charge >= 0.3 is 0 Å². The number of amides is 2. The standard InChI is InChI=1S/C23H20N2O4/c1-14(13-22(28)24-17-11-9-16(10-12-17)15(2)26)23(29)25-20-7-3-6-19-18(20)5-4-8-21(19)27/h3-13,27H,1-2H3,(H,24,28)(H,25,29)/b14-13-. The molecule has 0 heterocycles. The molecule has 29 heavy (non-hydrogen) atoms. The summed E-state index contributed by atoms with van der Waals surface area (Å²) >= 11 is 0. The van der Waals surface area contributed by atoms with E-state index >= 15 is 0 Å². The van der Waals surface area contributed by atoms with Crippen LogP contribution in [0.4, 0.5) is 11.4 Å². The van der Waals surface area contributed by atoms with E-state index in [0.717, 1.165) is 0 Å². The number of Topliss-reactive ketones (excluding diaryl/α,β-unsaturated/α-hetero) is 1. The van der Waals surface area contributed by atoms with Crippen LogP contribution in [0, 0.1) is 0 Å². The minimum atomic E-state index is -0.455. The smallest absolute Gasteiger partial charge is 0.251 e. The van der Waals surface area contributed by atoms with Crippen LogP contribution in [0.25, 0.3) is 10.8 Å². The predicted molar refractivity (Wildman–Crippen MR) is 113 cm³/mol. The lowest BCUT2D eigenvalue weighted by Crippen LogP contribution is -2.16. The molecule has 0 fully saturated rings. The third-order valence-corrected chi connectivity index (χ3v) is 4.41. The molecule has 3 rings (SSSR count). The molecule has 0 unspecified atom stereocenters. The molecule has 3 aromatic carbocycles. The molecule has 0 aliphatic rings. The summed E-state index contributed by atoms with van der Waals surface area (Å²) in [5.41, 5.74) is 1.83. The van der Waals surface area contributed by atoms with Gasteiger partial charge in [-0.1, -0.05) is 24.3 Å². The Labute approximate surface area is 167 Å². The Morgan fingerprint density at radius 1 is 0.828 bits per heavy atom. The molecule has 0 saturated carbocycles. The maximum Gasteiger partial charge on any atom is 0.251 e. The number of hydrogen-bond donors (Lipinski definition) is 3. The molecular weight excluding hydrogens is 368 g/mol. The first-order chi connectivity index (χ1) is 13.8. The Balaban J connectivity index is 1.71. The number of anilines is 2. The summed E-state index contributed by atoms with van der Waals surface area (Å²) < 4.78 is 0. The number of carbonyl (C=O) groups is 3. The zero-order valence-electron chi connectivity index (χ0n) is 16.0. The van der Waals surface area contributed by atoms with E-state index in [9.17, 15) is 19.5 Å². The van der Waals surface area contributed by atoms with Gasteiger partial charge in [0.2, 0.25) is 5.91 Å². The number of nitrogens with one attached hydrogen (secondary N) is 2. The van der Waals surface area contributed by atoms with Crippen molar-refractivity contribution < 1.29 is 19.5 Å². The zero-order valence-corrected chi connectivity index (χ0v) is 16.0. The fourth-order valence-electron chi connectivity index (χ4n) is 2.85. The van der Waals surface area contributed by atoms with E-state index in [4.69, 9.17) is 0 Å². The van der Waals surface area contributed by atoms with Gasteiger partial charge in [-0.2, -0.15) is 0 Å². The monoisotopic (exact) mass is 388 g/mol. The summed E-state index contributed by atoms with van der Waals surface area (Å²) in [6.07, 6.45) is 1.21. The van der Waals surface area contributed by atoms with Crippen molar-refractivity contribution in [1.82, 2.24) is 0 Å². The molecule has 0 radical (unpaired) electrons. The highest BCUT2D eigenvalue weighted by molar-refractivity contribution is 6.12. The van der Waals surface area contributed by atoms with Crippen LogP contribution in [0.15, 0.2) is 72.3 Å². The van der Waals surface area contributed by atoms with Crippen LogP contribution in [0.3, 0.4) is 0 Å². The molecule has 3 aromatic rings. The van der Waals surface area contributed by atoms with Crippen molar-refractivity contribution in [3.63, 3.8) is 0 Å². The van der Waals surface area contributed by atoms with Gasteiger partial charge in [0.05, 0.1) is 0 Å². The van der Waals surface area contributed by atoms with Gasteiger partial charge in [-0.15, -0.1) is 0 Å². The normalized spacial score (nSPS) is 11.2. The highest BCUT2D eigenvalue weighted by Crippen LogP contribution is 2.29. The second kappa shape index (κ2) is 8.39. The van der Waals surface area contributed by atoms with Gasteiger partial charge in [0.25, 0.3) is 5.91 Å². The molecule has 0 aliphatic heterocycles. The number of fused-ring (bicyclic) bond motifs is 1. The maximum atomic E-state index is 12.5. The summed E-state index contributed by atoms with van der Waals surface area (Å²) in [4.78, 5) is 36.0. The molecule has 0 aromatic heterocycles. The van der Waals surface area contributed by atoms with E-state index < -0.39 is 11.8 Å². The largest absolute Gasteiger partial charge is 0.507 e. The Hall–Kier alpha value is -3.93. The molecule has 146 valence electrons. The number of rotatable bonds is 5. The van der Waals surface area contributed by atoms with Crippen molar-refractivity contribution in [2.24, 2.45) is 0 Å². The Kier molecular flexibility index (Phi) is 5.74. The molecule has 0 bridgehead atoms. The number of phenolic OH excluding ortho intramolecular Hbond substituents is 1. The summed E-state index contributed by atoms with van der Waals surface area (Å²) in [6.45, 7) is 3.01. The molecule has 0 spiro atoms. The van der Waals surface area contributed by atoms with Crippen molar-refractivity contribution >= 4 is 39.7 Å². The van der Waals surface area contributed by atoms with E-state index in [1.807, 2.05) is 0 Å². The fourth-order valence-corrected chi connectivity index (χ4v) is 2.85. The van der Waals surface area contributed by atoms with Crippen molar-refractivity contribution in [1.29, 1.82) is 0 Å². The number of aromatic hydroxyl groups is 1. The van der Waals surface area contributed by atoms with Gasteiger partial charge < -0.3 is 15.7 Å². The van der Waals surface area contributed by atoms with Crippen LogP contribution in [0.1, 0.15) is 24.2 Å². The summed E-state index contributed by atoms with van der Waals surface area (Å²) in [5, 5.41) is 16.7. The number of hydrogen-bond acceptors (Lipinski definition) is 4. The van der Waals surface area contributed by atoms with E-state index in [1.165, 1.54) is 19.9 Å². The van der Waals surface area contributed by atoms with Gasteiger partial charge in [-0.25, -0.2) is 0 Å². The molecule has 2 amide bonds.